The van der Waals surface area contributed by atoms with E-state index < -0.39 is 24.1 Å². The summed E-state index contributed by atoms with van der Waals surface area (Å²) in [6.45, 7) is 2.69. The highest BCUT2D eigenvalue weighted by atomic mass is 35.5. The van der Waals surface area contributed by atoms with Gasteiger partial charge in [-0.1, -0.05) is 23.7 Å². The van der Waals surface area contributed by atoms with Crippen LogP contribution in [-0.4, -0.2) is 31.8 Å². The molecule has 6 heteroatoms. The summed E-state index contributed by atoms with van der Waals surface area (Å²) in [7, 11) is 1.48. The first-order valence-corrected chi connectivity index (χ1v) is 6.40. The van der Waals surface area contributed by atoms with E-state index in [4.69, 9.17) is 25.8 Å². The second-order valence-electron chi connectivity index (χ2n) is 4.18. The maximum atomic E-state index is 11.3. The average molecular weight is 301 g/mol. The van der Waals surface area contributed by atoms with Gasteiger partial charge in [0.05, 0.1) is 6.61 Å². The number of benzene rings is 1. The molecule has 0 aromatic heterocycles. The SMILES string of the molecule is COC[C@H](OC(C)=O)[C@H](OC(C)=O)c1ccc(Cl)cc1. The van der Waals surface area contributed by atoms with Crippen molar-refractivity contribution in [3.05, 3.63) is 34.9 Å². The summed E-state index contributed by atoms with van der Waals surface area (Å²) in [5, 5.41) is 0.561. The lowest BCUT2D eigenvalue weighted by molar-refractivity contribution is -0.170. The summed E-state index contributed by atoms with van der Waals surface area (Å²) < 4.78 is 15.4. The van der Waals surface area contributed by atoms with Crippen LogP contribution in [0.15, 0.2) is 24.3 Å². The Hall–Kier alpha value is -1.59. The molecule has 0 aliphatic carbocycles. The Morgan fingerprint density at radius 2 is 1.65 bits per heavy atom. The van der Waals surface area contributed by atoms with Gasteiger partial charge in [0.1, 0.15) is 0 Å². The highest BCUT2D eigenvalue weighted by Gasteiger charge is 2.29. The molecule has 0 N–H and O–H groups in total. The van der Waals surface area contributed by atoms with Gasteiger partial charge in [0, 0.05) is 26.0 Å². The Balaban J connectivity index is 3.03. The van der Waals surface area contributed by atoms with E-state index in [1.165, 1.54) is 21.0 Å². The number of hydrogen-bond donors (Lipinski definition) is 0. The lowest BCUT2D eigenvalue weighted by Gasteiger charge is -2.26. The van der Waals surface area contributed by atoms with E-state index in [0.29, 0.717) is 10.6 Å². The van der Waals surface area contributed by atoms with E-state index in [9.17, 15) is 9.59 Å². The van der Waals surface area contributed by atoms with Gasteiger partial charge in [-0.25, -0.2) is 0 Å². The van der Waals surface area contributed by atoms with Crippen molar-refractivity contribution in [2.75, 3.05) is 13.7 Å². The lowest BCUT2D eigenvalue weighted by Crippen LogP contribution is -2.31. The highest BCUT2D eigenvalue weighted by molar-refractivity contribution is 6.30. The third-order valence-corrected chi connectivity index (χ3v) is 2.73. The predicted octanol–water partition coefficient (Wildman–Crippen LogP) is 2.52. The minimum absolute atomic E-state index is 0.111. The lowest BCUT2D eigenvalue weighted by atomic mass is 10.0. The molecule has 0 spiro atoms. The number of carbonyl (C=O) groups excluding carboxylic acids is 2. The zero-order valence-corrected chi connectivity index (χ0v) is 12.3. The molecule has 0 unspecified atom stereocenters. The van der Waals surface area contributed by atoms with Gasteiger partial charge < -0.3 is 14.2 Å². The molecular formula is C14H17ClO5. The van der Waals surface area contributed by atoms with Crippen molar-refractivity contribution in [1.82, 2.24) is 0 Å². The van der Waals surface area contributed by atoms with Crippen molar-refractivity contribution >= 4 is 23.5 Å². The number of methoxy groups -OCH3 is 1. The Morgan fingerprint density at radius 1 is 1.10 bits per heavy atom. The first kappa shape index (κ1) is 16.5. The number of rotatable bonds is 6. The van der Waals surface area contributed by atoms with Gasteiger partial charge in [0.2, 0.25) is 0 Å². The third kappa shape index (κ3) is 5.19. The fourth-order valence-corrected chi connectivity index (χ4v) is 1.88. The number of carbonyl (C=O) groups is 2. The summed E-state index contributed by atoms with van der Waals surface area (Å²) >= 11 is 5.83. The monoisotopic (exact) mass is 300 g/mol. The minimum Gasteiger partial charge on any atom is -0.456 e. The van der Waals surface area contributed by atoms with Gasteiger partial charge >= 0.3 is 11.9 Å². The van der Waals surface area contributed by atoms with Gasteiger partial charge in [-0.05, 0) is 17.7 Å². The highest BCUT2D eigenvalue weighted by Crippen LogP contribution is 2.26. The molecule has 1 aromatic rings. The number of hydrogen-bond acceptors (Lipinski definition) is 5. The Labute approximate surface area is 122 Å². The Bertz CT molecular complexity index is 457. The molecule has 1 rings (SSSR count). The molecule has 0 saturated heterocycles. The predicted molar refractivity (Wildman–Crippen MR) is 73.4 cm³/mol. The fourth-order valence-electron chi connectivity index (χ4n) is 1.75. The van der Waals surface area contributed by atoms with Gasteiger partial charge in [-0.15, -0.1) is 0 Å². The van der Waals surface area contributed by atoms with Crippen LogP contribution in [0.4, 0.5) is 0 Å². The molecule has 1 aromatic carbocycles. The van der Waals surface area contributed by atoms with Crippen LogP contribution in [0.1, 0.15) is 25.5 Å². The quantitative estimate of drug-likeness (QED) is 0.755. The van der Waals surface area contributed by atoms with Crippen LogP contribution >= 0.6 is 11.6 Å². The first-order chi connectivity index (χ1) is 9.43. The summed E-state index contributed by atoms with van der Waals surface area (Å²) in [5.41, 5.74) is 0.674. The van der Waals surface area contributed by atoms with Gasteiger partial charge in [-0.3, -0.25) is 9.59 Å². The van der Waals surface area contributed by atoms with Crippen molar-refractivity contribution in [2.45, 2.75) is 26.1 Å². The molecule has 0 aliphatic rings. The molecule has 0 bridgehead atoms. The zero-order valence-electron chi connectivity index (χ0n) is 11.6. The molecule has 5 nitrogen and oxygen atoms in total. The Morgan fingerprint density at radius 3 is 2.10 bits per heavy atom. The molecule has 0 aliphatic heterocycles. The van der Waals surface area contributed by atoms with Crippen LogP contribution in [0.2, 0.25) is 5.02 Å². The van der Waals surface area contributed by atoms with Gasteiger partial charge in [-0.2, -0.15) is 0 Å². The van der Waals surface area contributed by atoms with E-state index in [1.54, 1.807) is 24.3 Å². The maximum Gasteiger partial charge on any atom is 0.303 e. The fraction of sp³-hybridized carbons (Fsp3) is 0.429. The molecule has 110 valence electrons. The van der Waals surface area contributed by atoms with Crippen LogP contribution in [0, 0.1) is 0 Å². The normalized spacial score (nSPS) is 13.4. The largest absolute Gasteiger partial charge is 0.456 e. The van der Waals surface area contributed by atoms with Crippen LogP contribution in [0.3, 0.4) is 0 Å². The molecule has 0 radical (unpaired) electrons. The van der Waals surface area contributed by atoms with Gasteiger partial charge in [0.25, 0.3) is 0 Å². The van der Waals surface area contributed by atoms with E-state index in [-0.39, 0.29) is 6.61 Å². The minimum atomic E-state index is -0.742. The molecular weight excluding hydrogens is 284 g/mol. The van der Waals surface area contributed by atoms with Crippen LogP contribution in [-0.2, 0) is 23.8 Å². The van der Waals surface area contributed by atoms with Crippen molar-refractivity contribution < 1.29 is 23.8 Å². The van der Waals surface area contributed by atoms with Gasteiger partial charge in [0.15, 0.2) is 12.2 Å². The van der Waals surface area contributed by atoms with E-state index in [0.717, 1.165) is 0 Å². The topological polar surface area (TPSA) is 61.8 Å². The molecule has 0 amide bonds. The van der Waals surface area contributed by atoms with Crippen molar-refractivity contribution in [2.24, 2.45) is 0 Å². The second-order valence-corrected chi connectivity index (χ2v) is 4.62. The molecule has 0 saturated carbocycles. The number of halogens is 1. The smallest absolute Gasteiger partial charge is 0.303 e. The molecule has 0 heterocycles. The van der Waals surface area contributed by atoms with E-state index in [1.807, 2.05) is 0 Å². The Kier molecular flexibility index (Phi) is 6.48. The summed E-state index contributed by atoms with van der Waals surface area (Å²) in [5.74, 6) is -0.948. The van der Waals surface area contributed by atoms with Crippen molar-refractivity contribution in [3.63, 3.8) is 0 Å². The second kappa shape index (κ2) is 7.87. The summed E-state index contributed by atoms with van der Waals surface area (Å²) in [6.07, 6.45) is -1.46. The first-order valence-electron chi connectivity index (χ1n) is 6.03. The van der Waals surface area contributed by atoms with E-state index >= 15 is 0 Å². The van der Waals surface area contributed by atoms with E-state index in [2.05, 4.69) is 0 Å². The standard InChI is InChI=1S/C14H17ClO5/c1-9(16)19-13(8-18-3)14(20-10(2)17)11-4-6-12(15)7-5-11/h4-7,13-14H,8H2,1-3H3/t13-,14+/m0/s1. The number of esters is 2. The van der Waals surface area contributed by atoms with Crippen LogP contribution in [0.25, 0.3) is 0 Å². The molecule has 20 heavy (non-hydrogen) atoms. The molecule has 0 fully saturated rings. The van der Waals surface area contributed by atoms with Crippen molar-refractivity contribution in [1.29, 1.82) is 0 Å². The summed E-state index contributed by atoms with van der Waals surface area (Å²) in [4.78, 5) is 22.4. The summed E-state index contributed by atoms with van der Waals surface area (Å²) in [6, 6.07) is 6.76. The molecule has 2 atom stereocenters. The average Bonchev–Trinajstić information content (AvgIpc) is 2.36. The zero-order chi connectivity index (χ0) is 15.1. The number of ether oxygens (including phenoxy) is 3. The van der Waals surface area contributed by atoms with Crippen molar-refractivity contribution in [3.8, 4) is 0 Å². The third-order valence-electron chi connectivity index (χ3n) is 2.48. The van der Waals surface area contributed by atoms with Crippen LogP contribution < -0.4 is 0 Å². The maximum absolute atomic E-state index is 11.3. The van der Waals surface area contributed by atoms with Crippen LogP contribution in [0.5, 0.6) is 0 Å².